The largest absolute Gasteiger partial charge is 0.462 e. The Morgan fingerprint density at radius 2 is 1.36 bits per heavy atom. The van der Waals surface area contributed by atoms with E-state index in [1.165, 1.54) is 13.0 Å². The lowest BCUT2D eigenvalue weighted by Gasteiger charge is -2.63. The number of hydrogen-bond acceptors (Lipinski definition) is 15. The van der Waals surface area contributed by atoms with Crippen LogP contribution in [0.25, 0.3) is 0 Å². The van der Waals surface area contributed by atoms with Gasteiger partial charge < -0.3 is 63.4 Å². The molecule has 4 heterocycles. The molecule has 4 aliphatic heterocycles. The predicted molar refractivity (Wildman–Crippen MR) is 202 cm³/mol. The molecule has 15 heteroatoms. The smallest absolute Gasteiger partial charge is 0.331 e. The second-order valence-electron chi connectivity index (χ2n) is 19.5. The summed E-state index contributed by atoms with van der Waals surface area (Å²) in [6, 6.07) is 0. The van der Waals surface area contributed by atoms with Crippen molar-refractivity contribution in [3.8, 4) is 0 Å². The quantitative estimate of drug-likeness (QED) is 0.176. The zero-order chi connectivity index (χ0) is 41.5. The number of carbonyl (C=O) groups excluding carboxylic acids is 2. The number of esters is 2. The number of ether oxygens (including phenoxy) is 8. The van der Waals surface area contributed by atoms with Crippen LogP contribution in [0.5, 0.6) is 0 Å². The van der Waals surface area contributed by atoms with Gasteiger partial charge in [0.25, 0.3) is 0 Å². The molecule has 4 saturated carbocycles. The standard InChI is InChI=1S/C43H66O15/c1-20-38(49)29(45)15-35(52-20)57-40-22(3)54-36(17-31(40)47)58-39-21(2)53-34(16-30(39)46)56-26-9-11-41(5)25(14-26)7-8-28-27(41)10-12-42(6)37(24-13-33(48)51-19-24)32(55-23(4)44)18-43(28,42)50/h13,20-22,25-32,34-40,45-47,49-50H,7-12,14-19H2,1-6H3/t20-,21-,22-,25+,26+,27-,28+,29-,30-,31-,32+,34+,35+,36+,37+,38+,39+,40+,41-,42+,43-/m0/s1. The number of hydrogen-bond donors (Lipinski definition) is 5. The van der Waals surface area contributed by atoms with E-state index in [1.807, 2.05) is 6.92 Å². The van der Waals surface area contributed by atoms with Gasteiger partial charge in [-0.2, -0.15) is 0 Å². The Balaban J connectivity index is 0.848. The predicted octanol–water partition coefficient (Wildman–Crippen LogP) is 2.79. The van der Waals surface area contributed by atoms with E-state index in [0.717, 1.165) is 50.5 Å². The van der Waals surface area contributed by atoms with Crippen LogP contribution >= 0.6 is 0 Å². The Hall–Kier alpha value is -1.76. The molecule has 0 bridgehead atoms. The van der Waals surface area contributed by atoms with Crippen LogP contribution in [-0.2, 0) is 47.5 Å². The SMILES string of the molecule is CC(=O)O[C@@H]1C[C@]2(O)[C@@H]3CC[C@@H]4C[C@H](O[C@@H]5C[C@H](O)[C@H](O[C@@H]6C[C@H](O)[C@H](O[C@@H]7C[C@H](O)[C@H](O)[C@H](C)O7)[C@H](C)O6)[C@H](C)O5)CC[C@]4(C)[C@H]3CC[C@]2(C)[C@@H]1C1=CC(=O)OC1. The minimum atomic E-state index is -1.05. The van der Waals surface area contributed by atoms with Crippen LogP contribution in [0.4, 0.5) is 0 Å². The van der Waals surface area contributed by atoms with Gasteiger partial charge in [0.05, 0.1) is 48.3 Å². The Labute approximate surface area is 341 Å². The summed E-state index contributed by atoms with van der Waals surface area (Å²) in [5, 5.41) is 55.4. The van der Waals surface area contributed by atoms with Gasteiger partial charge in [0.2, 0.25) is 0 Å². The molecular formula is C43H66O15. The van der Waals surface area contributed by atoms with Crippen molar-refractivity contribution in [3.05, 3.63) is 11.6 Å². The molecule has 0 aromatic heterocycles. The van der Waals surface area contributed by atoms with Crippen molar-refractivity contribution >= 4 is 11.9 Å². The van der Waals surface area contributed by atoms with Gasteiger partial charge in [-0.3, -0.25) is 4.79 Å². The molecule has 0 aromatic carbocycles. The highest BCUT2D eigenvalue weighted by Crippen LogP contribution is 2.70. The summed E-state index contributed by atoms with van der Waals surface area (Å²) in [6.45, 7) is 11.3. The second-order valence-corrected chi connectivity index (χ2v) is 19.5. The molecule has 328 valence electrons. The van der Waals surface area contributed by atoms with E-state index in [4.69, 9.17) is 37.9 Å². The summed E-state index contributed by atoms with van der Waals surface area (Å²) in [4.78, 5) is 24.4. The summed E-state index contributed by atoms with van der Waals surface area (Å²) in [7, 11) is 0. The van der Waals surface area contributed by atoms with Crippen molar-refractivity contribution in [2.75, 3.05) is 6.61 Å². The van der Waals surface area contributed by atoms with E-state index in [1.54, 1.807) is 13.8 Å². The molecule has 5 N–H and O–H groups in total. The maximum atomic E-state index is 12.8. The average Bonchev–Trinajstić information content (AvgIpc) is 3.66. The maximum Gasteiger partial charge on any atom is 0.331 e. The molecule has 7 fully saturated rings. The molecule has 0 aromatic rings. The number of fused-ring (bicyclic) bond motifs is 5. The minimum absolute atomic E-state index is 0.00291. The molecule has 8 aliphatic rings. The number of cyclic esters (lactones) is 1. The lowest BCUT2D eigenvalue weighted by atomic mass is 9.43. The molecule has 0 spiro atoms. The van der Waals surface area contributed by atoms with Crippen LogP contribution in [0.1, 0.15) is 112 Å². The van der Waals surface area contributed by atoms with Gasteiger partial charge in [0.15, 0.2) is 18.9 Å². The van der Waals surface area contributed by atoms with Crippen molar-refractivity contribution in [2.24, 2.45) is 34.5 Å². The average molecular weight is 823 g/mol. The van der Waals surface area contributed by atoms with E-state index in [9.17, 15) is 35.1 Å². The highest BCUT2D eigenvalue weighted by Gasteiger charge is 2.71. The first kappa shape index (κ1) is 42.9. The number of aliphatic hydroxyl groups excluding tert-OH is 4. The van der Waals surface area contributed by atoms with Crippen molar-refractivity contribution < 1.29 is 73.0 Å². The molecule has 21 atom stereocenters. The molecule has 3 saturated heterocycles. The molecule has 0 unspecified atom stereocenters. The Morgan fingerprint density at radius 3 is 1.93 bits per heavy atom. The van der Waals surface area contributed by atoms with Crippen molar-refractivity contribution in [3.63, 3.8) is 0 Å². The van der Waals surface area contributed by atoms with Crippen LogP contribution in [-0.4, -0.2) is 136 Å². The molecule has 0 amide bonds. The van der Waals surface area contributed by atoms with Crippen LogP contribution in [0.15, 0.2) is 11.6 Å². The third-order valence-corrected chi connectivity index (χ3v) is 16.1. The fourth-order valence-electron chi connectivity index (χ4n) is 13.2. The fraction of sp³-hybridized carbons (Fsp3) is 0.907. The van der Waals surface area contributed by atoms with Crippen LogP contribution in [0.2, 0.25) is 0 Å². The zero-order valence-corrected chi connectivity index (χ0v) is 34.8. The number of aliphatic hydroxyl groups is 5. The normalized spacial score (nSPS) is 53.2. The molecule has 15 nitrogen and oxygen atoms in total. The topological polar surface area (TPSA) is 209 Å². The minimum Gasteiger partial charge on any atom is -0.462 e. The van der Waals surface area contributed by atoms with E-state index >= 15 is 0 Å². The lowest BCUT2D eigenvalue weighted by molar-refractivity contribution is -0.336. The summed E-state index contributed by atoms with van der Waals surface area (Å²) < 4.78 is 48.1. The second kappa shape index (κ2) is 16.2. The lowest BCUT2D eigenvalue weighted by Crippen LogP contribution is -2.62. The van der Waals surface area contributed by atoms with Crippen LogP contribution in [0.3, 0.4) is 0 Å². The van der Waals surface area contributed by atoms with Crippen molar-refractivity contribution in [2.45, 2.75) is 204 Å². The Bertz CT molecular complexity index is 1520. The highest BCUT2D eigenvalue weighted by atomic mass is 16.7. The Morgan fingerprint density at radius 1 is 0.759 bits per heavy atom. The van der Waals surface area contributed by atoms with Crippen molar-refractivity contribution in [1.29, 1.82) is 0 Å². The maximum absolute atomic E-state index is 12.8. The first-order chi connectivity index (χ1) is 27.4. The zero-order valence-electron chi connectivity index (χ0n) is 34.8. The summed E-state index contributed by atoms with van der Waals surface area (Å²) in [5.41, 5.74) is -0.805. The monoisotopic (exact) mass is 822 g/mol. The summed E-state index contributed by atoms with van der Waals surface area (Å²) in [5.74, 6) is -0.330. The first-order valence-electron chi connectivity index (χ1n) is 21.8. The van der Waals surface area contributed by atoms with Gasteiger partial charge in [-0.1, -0.05) is 13.8 Å². The third kappa shape index (κ3) is 7.60. The van der Waals surface area contributed by atoms with Crippen LogP contribution in [0, 0.1) is 34.5 Å². The number of rotatable bonds is 8. The van der Waals surface area contributed by atoms with Gasteiger partial charge in [-0.15, -0.1) is 0 Å². The van der Waals surface area contributed by atoms with Gasteiger partial charge in [-0.05, 0) is 94.5 Å². The summed E-state index contributed by atoms with van der Waals surface area (Å²) in [6.07, 6.45) is -1.36. The highest BCUT2D eigenvalue weighted by molar-refractivity contribution is 5.85. The summed E-state index contributed by atoms with van der Waals surface area (Å²) >= 11 is 0. The van der Waals surface area contributed by atoms with E-state index in [0.29, 0.717) is 18.3 Å². The molecule has 4 aliphatic carbocycles. The Kier molecular flexibility index (Phi) is 12.0. The van der Waals surface area contributed by atoms with Gasteiger partial charge in [-0.25, -0.2) is 4.79 Å². The van der Waals surface area contributed by atoms with Crippen molar-refractivity contribution in [1.82, 2.24) is 0 Å². The first-order valence-corrected chi connectivity index (χ1v) is 21.8. The van der Waals surface area contributed by atoms with Gasteiger partial charge in [0, 0.05) is 50.0 Å². The van der Waals surface area contributed by atoms with Gasteiger partial charge >= 0.3 is 11.9 Å². The molecule has 58 heavy (non-hydrogen) atoms. The van der Waals surface area contributed by atoms with Crippen LogP contribution < -0.4 is 0 Å². The fourth-order valence-corrected chi connectivity index (χ4v) is 13.2. The molecular weight excluding hydrogens is 756 g/mol. The third-order valence-electron chi connectivity index (χ3n) is 16.1. The van der Waals surface area contributed by atoms with E-state index < -0.39 is 90.9 Å². The van der Waals surface area contributed by atoms with E-state index in [2.05, 4.69) is 13.8 Å². The number of carbonyl (C=O) groups is 2. The molecule has 8 rings (SSSR count). The molecule has 0 radical (unpaired) electrons. The van der Waals surface area contributed by atoms with E-state index in [-0.39, 0.29) is 61.2 Å². The van der Waals surface area contributed by atoms with Gasteiger partial charge in [0.1, 0.15) is 31.0 Å².